The lowest BCUT2D eigenvalue weighted by molar-refractivity contribution is -0.116. The fourth-order valence-corrected chi connectivity index (χ4v) is 5.55. The predicted molar refractivity (Wildman–Crippen MR) is 137 cm³/mol. The van der Waals surface area contributed by atoms with E-state index in [1.54, 1.807) is 13.0 Å². The molecule has 192 valence electrons. The molecule has 2 aromatic carbocycles. The van der Waals surface area contributed by atoms with Crippen LogP contribution in [0.25, 0.3) is 0 Å². The molecule has 3 aromatic rings. The number of methoxy groups -OCH3 is 1. The molecule has 1 amide bonds. The molecule has 1 atom stereocenters. The summed E-state index contributed by atoms with van der Waals surface area (Å²) < 4.78 is 58.9. The van der Waals surface area contributed by atoms with E-state index in [4.69, 9.17) is 16.3 Å². The standard InChI is InChI=1S/C22H24ClN5O6S2/c1-14-11-12-24-22(25-14)27-36(32,33)18-8-6-17(7-9-18)26-21(29)15(2)28(35(4,30)31)19-13-16(23)5-10-20(19)34-3/h5-13,15H,1-4H3,(H,26,29)(H,24,25,27)/t15-/m1/s1. The lowest BCUT2D eigenvalue weighted by Gasteiger charge is -2.29. The quantitative estimate of drug-likeness (QED) is 0.411. The van der Waals surface area contributed by atoms with Gasteiger partial charge in [-0.2, -0.15) is 0 Å². The van der Waals surface area contributed by atoms with Crippen molar-refractivity contribution in [3.8, 4) is 5.75 Å². The van der Waals surface area contributed by atoms with Crippen LogP contribution in [0.1, 0.15) is 12.6 Å². The smallest absolute Gasteiger partial charge is 0.264 e. The van der Waals surface area contributed by atoms with Gasteiger partial charge in [-0.3, -0.25) is 9.10 Å². The Morgan fingerprint density at radius 3 is 2.33 bits per heavy atom. The summed E-state index contributed by atoms with van der Waals surface area (Å²) in [6, 6.07) is 10.2. The van der Waals surface area contributed by atoms with E-state index in [0.717, 1.165) is 10.6 Å². The van der Waals surface area contributed by atoms with Crippen molar-refractivity contribution in [2.75, 3.05) is 27.7 Å². The molecule has 0 bridgehead atoms. The first-order valence-corrected chi connectivity index (χ1v) is 14.1. The lowest BCUT2D eigenvalue weighted by Crippen LogP contribution is -2.45. The lowest BCUT2D eigenvalue weighted by atomic mass is 10.2. The average molecular weight is 554 g/mol. The van der Waals surface area contributed by atoms with Gasteiger partial charge in [0, 0.05) is 22.6 Å². The fraction of sp³-hybridized carbons (Fsp3) is 0.227. The third kappa shape index (κ3) is 6.42. The maximum absolute atomic E-state index is 13.0. The maximum atomic E-state index is 13.0. The summed E-state index contributed by atoms with van der Waals surface area (Å²) in [6.07, 6.45) is 2.39. The Labute approximate surface area is 214 Å². The number of benzene rings is 2. The van der Waals surface area contributed by atoms with Crippen LogP contribution in [0.3, 0.4) is 0 Å². The Balaban J connectivity index is 1.81. The number of halogens is 1. The molecular formula is C22H24ClN5O6S2. The van der Waals surface area contributed by atoms with Crippen LogP contribution in [-0.4, -0.2) is 52.1 Å². The number of carbonyl (C=O) groups is 1. The Kier molecular flexibility index (Phi) is 8.06. The number of rotatable bonds is 9. The molecule has 0 fully saturated rings. The molecule has 0 spiro atoms. The van der Waals surface area contributed by atoms with Crippen LogP contribution in [-0.2, 0) is 24.8 Å². The first kappa shape index (κ1) is 27.2. The second kappa shape index (κ2) is 10.7. The third-order valence-electron chi connectivity index (χ3n) is 4.92. The summed E-state index contributed by atoms with van der Waals surface area (Å²) in [5.41, 5.74) is 0.943. The van der Waals surface area contributed by atoms with Crippen LogP contribution in [0.2, 0.25) is 5.02 Å². The van der Waals surface area contributed by atoms with Gasteiger partial charge in [-0.05, 0) is 62.4 Å². The fourth-order valence-electron chi connectivity index (χ4n) is 3.26. The number of hydrogen-bond acceptors (Lipinski definition) is 8. The van der Waals surface area contributed by atoms with Crippen molar-refractivity contribution in [3.05, 3.63) is 65.4 Å². The zero-order valence-corrected chi connectivity index (χ0v) is 22.1. The predicted octanol–water partition coefficient (Wildman–Crippen LogP) is 3.04. The third-order valence-corrected chi connectivity index (χ3v) is 7.73. The van der Waals surface area contributed by atoms with Gasteiger partial charge in [0.2, 0.25) is 21.9 Å². The van der Waals surface area contributed by atoms with Crippen LogP contribution in [0, 0.1) is 6.92 Å². The molecule has 2 N–H and O–H groups in total. The van der Waals surface area contributed by atoms with E-state index in [-0.39, 0.29) is 33.0 Å². The molecule has 0 aliphatic carbocycles. The second-order valence-electron chi connectivity index (χ2n) is 7.69. The SMILES string of the molecule is COc1ccc(Cl)cc1N([C@H](C)C(=O)Nc1ccc(S(=O)(=O)Nc2nccc(C)n2)cc1)S(C)(=O)=O. The molecule has 3 rings (SSSR count). The van der Waals surface area contributed by atoms with Crippen molar-refractivity contribution in [1.29, 1.82) is 0 Å². The molecule has 0 radical (unpaired) electrons. The van der Waals surface area contributed by atoms with Gasteiger partial charge >= 0.3 is 0 Å². The molecule has 11 nitrogen and oxygen atoms in total. The van der Waals surface area contributed by atoms with Crippen LogP contribution in [0.5, 0.6) is 5.75 Å². The number of aromatic nitrogens is 2. The van der Waals surface area contributed by atoms with E-state index in [0.29, 0.717) is 5.69 Å². The summed E-state index contributed by atoms with van der Waals surface area (Å²) in [5.74, 6) is -0.521. The minimum absolute atomic E-state index is 0.0708. The molecule has 0 saturated heterocycles. The molecule has 1 heterocycles. The Bertz CT molecular complexity index is 1480. The number of aryl methyl sites for hydroxylation is 1. The molecular weight excluding hydrogens is 530 g/mol. The van der Waals surface area contributed by atoms with Crippen LogP contribution in [0.4, 0.5) is 17.3 Å². The number of hydrogen-bond donors (Lipinski definition) is 2. The summed E-state index contributed by atoms with van der Waals surface area (Å²) in [4.78, 5) is 20.8. The number of anilines is 3. The van der Waals surface area contributed by atoms with Crippen molar-refractivity contribution in [3.63, 3.8) is 0 Å². The molecule has 36 heavy (non-hydrogen) atoms. The van der Waals surface area contributed by atoms with Gasteiger partial charge in [0.1, 0.15) is 11.8 Å². The van der Waals surface area contributed by atoms with Crippen molar-refractivity contribution in [1.82, 2.24) is 9.97 Å². The van der Waals surface area contributed by atoms with E-state index in [2.05, 4.69) is 20.0 Å². The Morgan fingerprint density at radius 1 is 1.08 bits per heavy atom. The van der Waals surface area contributed by atoms with Gasteiger partial charge in [-0.15, -0.1) is 0 Å². The Hall–Kier alpha value is -3.42. The van der Waals surface area contributed by atoms with Gasteiger partial charge in [-0.25, -0.2) is 31.5 Å². The van der Waals surface area contributed by atoms with E-state index < -0.39 is 32.0 Å². The normalized spacial score (nSPS) is 12.5. The number of carbonyl (C=O) groups excluding carboxylic acids is 1. The van der Waals surface area contributed by atoms with Gasteiger partial charge in [0.15, 0.2) is 0 Å². The molecule has 0 unspecified atom stereocenters. The largest absolute Gasteiger partial charge is 0.495 e. The van der Waals surface area contributed by atoms with Gasteiger partial charge in [0.05, 0.1) is 23.9 Å². The summed E-state index contributed by atoms with van der Waals surface area (Å²) in [6.45, 7) is 3.10. The van der Waals surface area contributed by atoms with Crippen molar-refractivity contribution >= 4 is 54.9 Å². The number of nitrogens with one attached hydrogen (secondary N) is 2. The zero-order valence-electron chi connectivity index (χ0n) is 19.8. The minimum atomic E-state index is -3.97. The highest BCUT2D eigenvalue weighted by molar-refractivity contribution is 7.92. The molecule has 14 heteroatoms. The number of sulfonamides is 2. The van der Waals surface area contributed by atoms with Gasteiger partial charge in [0.25, 0.3) is 10.0 Å². The summed E-state index contributed by atoms with van der Waals surface area (Å²) in [7, 11) is -6.53. The number of nitrogens with zero attached hydrogens (tertiary/aromatic N) is 3. The monoisotopic (exact) mass is 553 g/mol. The van der Waals surface area contributed by atoms with Gasteiger partial charge < -0.3 is 10.1 Å². The molecule has 1 aromatic heterocycles. The summed E-state index contributed by atoms with van der Waals surface area (Å²) in [5, 5.41) is 2.85. The van der Waals surface area contributed by atoms with Crippen molar-refractivity contribution in [2.24, 2.45) is 0 Å². The minimum Gasteiger partial charge on any atom is -0.495 e. The highest BCUT2D eigenvalue weighted by Gasteiger charge is 2.31. The topological polar surface area (TPSA) is 148 Å². The summed E-state index contributed by atoms with van der Waals surface area (Å²) >= 11 is 6.05. The van der Waals surface area contributed by atoms with Gasteiger partial charge in [-0.1, -0.05) is 11.6 Å². The zero-order chi connectivity index (χ0) is 26.7. The average Bonchev–Trinajstić information content (AvgIpc) is 2.78. The number of ether oxygens (including phenoxy) is 1. The van der Waals surface area contributed by atoms with E-state index in [9.17, 15) is 21.6 Å². The van der Waals surface area contributed by atoms with Crippen LogP contribution in [0.15, 0.2) is 59.6 Å². The highest BCUT2D eigenvalue weighted by atomic mass is 35.5. The number of amides is 1. The van der Waals surface area contributed by atoms with Crippen LogP contribution < -0.4 is 19.1 Å². The van der Waals surface area contributed by atoms with E-state index in [1.807, 2.05) is 0 Å². The van der Waals surface area contributed by atoms with E-state index in [1.165, 1.54) is 62.7 Å². The molecule has 0 aliphatic heterocycles. The maximum Gasteiger partial charge on any atom is 0.264 e. The first-order chi connectivity index (χ1) is 16.8. The van der Waals surface area contributed by atoms with Crippen LogP contribution >= 0.6 is 11.6 Å². The van der Waals surface area contributed by atoms with Crippen molar-refractivity contribution in [2.45, 2.75) is 24.8 Å². The van der Waals surface area contributed by atoms with E-state index >= 15 is 0 Å². The first-order valence-electron chi connectivity index (χ1n) is 10.4. The van der Waals surface area contributed by atoms with Crippen molar-refractivity contribution < 1.29 is 26.4 Å². The Morgan fingerprint density at radius 2 is 1.75 bits per heavy atom. The molecule has 0 saturated carbocycles. The second-order valence-corrected chi connectivity index (χ2v) is 11.7. The highest BCUT2D eigenvalue weighted by Crippen LogP contribution is 2.34. The molecule has 0 aliphatic rings.